The molecule has 0 saturated carbocycles. The van der Waals surface area contributed by atoms with Crippen molar-refractivity contribution < 1.29 is 51.8 Å². The van der Waals surface area contributed by atoms with E-state index in [1.54, 1.807) is 0 Å². The van der Waals surface area contributed by atoms with E-state index in [0.717, 1.165) is 0 Å². The van der Waals surface area contributed by atoms with Crippen molar-refractivity contribution in [2.24, 2.45) is 0 Å². The Kier molecular flexibility index (Phi) is 14.1. The van der Waals surface area contributed by atoms with E-state index in [-0.39, 0.29) is 18.9 Å². The van der Waals surface area contributed by atoms with Gasteiger partial charge in [-0.05, 0) is 0 Å². The second kappa shape index (κ2) is 9.03. The van der Waals surface area contributed by atoms with Gasteiger partial charge in [0.05, 0.1) is 0 Å². The summed E-state index contributed by atoms with van der Waals surface area (Å²) in [5.74, 6) is 0. The van der Waals surface area contributed by atoms with Gasteiger partial charge in [-0.25, -0.2) is 0 Å². The third-order valence-electron chi connectivity index (χ3n) is 0. The fourth-order valence-electron chi connectivity index (χ4n) is 0. The van der Waals surface area contributed by atoms with Gasteiger partial charge in [-0.15, -0.1) is 0 Å². The van der Waals surface area contributed by atoms with Crippen LogP contribution in [0.4, 0.5) is 51.8 Å². The summed E-state index contributed by atoms with van der Waals surface area (Å²) in [6, 6.07) is 0. The molecule has 0 aromatic carbocycles. The zero-order chi connectivity index (χ0) is 13.5. The maximum absolute atomic E-state index is 9.75. The summed E-state index contributed by atoms with van der Waals surface area (Å²) in [5, 5.41) is 0. The van der Waals surface area contributed by atoms with Gasteiger partial charge in [0.1, 0.15) is 0 Å². The minimum atomic E-state index is -6.00. The van der Waals surface area contributed by atoms with Crippen molar-refractivity contribution in [3.63, 3.8) is 0 Å². The van der Waals surface area contributed by atoms with Crippen LogP contribution in [0.1, 0.15) is 0 Å². The molecular weight excluding hydrogens is 267 g/mol. The fraction of sp³-hybridized carbons (Fsp3) is 0. The number of halogens is 12. The molecule has 0 aromatic heterocycles. The van der Waals surface area contributed by atoms with Crippen molar-refractivity contribution in [2.45, 2.75) is 0 Å². The molecular formula is HB3F12Li-3. The van der Waals surface area contributed by atoms with E-state index in [1.165, 1.54) is 0 Å². The molecule has 0 heterocycles. The summed E-state index contributed by atoms with van der Waals surface area (Å²) >= 11 is 0. The van der Waals surface area contributed by atoms with E-state index in [1.807, 2.05) is 0 Å². The molecule has 0 unspecified atom stereocenters. The van der Waals surface area contributed by atoms with Crippen LogP contribution in [-0.2, 0) is 0 Å². The molecule has 0 fully saturated rings. The van der Waals surface area contributed by atoms with E-state index in [2.05, 4.69) is 0 Å². The van der Waals surface area contributed by atoms with Gasteiger partial charge >= 0.3 is 40.6 Å². The van der Waals surface area contributed by atoms with Gasteiger partial charge in [0, 0.05) is 0 Å². The van der Waals surface area contributed by atoms with Crippen molar-refractivity contribution in [2.75, 3.05) is 0 Å². The SMILES string of the molecule is F[B-](F)(F)F.F[B-](F)(F)F.F[B-](F)(F)F.[LiH]. The Morgan fingerprint density at radius 2 is 0.312 bits per heavy atom. The van der Waals surface area contributed by atoms with Gasteiger partial charge in [-0.2, -0.15) is 0 Å². The predicted octanol–water partition coefficient (Wildman–Crippen LogP) is 3.25. The van der Waals surface area contributed by atoms with Crippen LogP contribution >= 0.6 is 0 Å². The van der Waals surface area contributed by atoms with Crippen LogP contribution in [0.5, 0.6) is 0 Å². The van der Waals surface area contributed by atoms with Crippen LogP contribution < -0.4 is 0 Å². The van der Waals surface area contributed by atoms with Crippen molar-refractivity contribution in [3.05, 3.63) is 0 Å². The third-order valence-corrected chi connectivity index (χ3v) is 0. The Bertz CT molecular complexity index is 91.3. The van der Waals surface area contributed by atoms with E-state index in [4.69, 9.17) is 0 Å². The third kappa shape index (κ3) is 1020000. The van der Waals surface area contributed by atoms with Crippen LogP contribution in [0.15, 0.2) is 0 Å². The molecule has 0 nitrogen and oxygen atoms in total. The van der Waals surface area contributed by atoms with Gasteiger partial charge in [-0.1, -0.05) is 0 Å². The Balaban J connectivity index is -0.0000000655. The molecule has 0 atom stereocenters. The summed E-state index contributed by atoms with van der Waals surface area (Å²) in [4.78, 5) is 0. The number of hydrogen-bond acceptors (Lipinski definition) is 0. The van der Waals surface area contributed by atoms with Gasteiger partial charge < -0.3 is 51.8 Å². The normalized spacial score (nSPS) is 11.2. The van der Waals surface area contributed by atoms with Crippen LogP contribution in [-0.4, -0.2) is 40.6 Å². The second-order valence-corrected chi connectivity index (χ2v) is 1.48. The number of hydrogen-bond donors (Lipinski definition) is 0. The van der Waals surface area contributed by atoms with Gasteiger partial charge in [0.25, 0.3) is 0 Å². The second-order valence-electron chi connectivity index (χ2n) is 1.48. The molecule has 16 heavy (non-hydrogen) atoms. The average Bonchev–Trinajstić information content (AvgIpc) is 1.41. The van der Waals surface area contributed by atoms with E-state index >= 15 is 0 Å². The van der Waals surface area contributed by atoms with Crippen LogP contribution in [0.3, 0.4) is 0 Å². The standard InChI is InChI=1S/3BF4.Li.H/c3*2-1(3,4)5;;/q3*-1;;. The molecule has 0 spiro atoms. The zero-order valence-electron chi connectivity index (χ0n) is 6.27. The minimum absolute atomic E-state index is 0. The van der Waals surface area contributed by atoms with E-state index in [0.29, 0.717) is 0 Å². The summed E-state index contributed by atoms with van der Waals surface area (Å²) < 4.78 is 117. The first-order valence-corrected chi connectivity index (χ1v) is 2.62. The Morgan fingerprint density at radius 3 is 0.312 bits per heavy atom. The Hall–Kier alpha value is -0.0478. The monoisotopic (exact) mass is 269 g/mol. The molecule has 16 heteroatoms. The summed E-state index contributed by atoms with van der Waals surface area (Å²) in [6.07, 6.45) is 0. The van der Waals surface area contributed by atoms with E-state index < -0.39 is 21.8 Å². The first-order valence-electron chi connectivity index (χ1n) is 2.62. The van der Waals surface area contributed by atoms with Crippen LogP contribution in [0.25, 0.3) is 0 Å². The van der Waals surface area contributed by atoms with E-state index in [9.17, 15) is 51.8 Å². The molecule has 0 aromatic rings. The predicted molar refractivity (Wildman–Crippen MR) is 37.7 cm³/mol. The molecule has 0 radical (unpaired) electrons. The van der Waals surface area contributed by atoms with Gasteiger partial charge in [0.15, 0.2) is 0 Å². The topological polar surface area (TPSA) is 0 Å². The van der Waals surface area contributed by atoms with Gasteiger partial charge in [0.2, 0.25) is 0 Å². The number of rotatable bonds is 0. The Labute approximate surface area is 93.2 Å². The molecule has 0 amide bonds. The summed E-state index contributed by atoms with van der Waals surface area (Å²) in [6.45, 7) is 0. The summed E-state index contributed by atoms with van der Waals surface area (Å²) in [5.41, 5.74) is 0. The molecule has 0 N–H and O–H groups in total. The molecule has 0 aliphatic rings. The van der Waals surface area contributed by atoms with Crippen LogP contribution in [0.2, 0.25) is 0 Å². The molecule has 0 aliphatic heterocycles. The summed E-state index contributed by atoms with van der Waals surface area (Å²) in [7, 11) is -18.0. The average molecular weight is 268 g/mol. The Morgan fingerprint density at radius 1 is 0.312 bits per heavy atom. The van der Waals surface area contributed by atoms with Crippen molar-refractivity contribution in [1.29, 1.82) is 0 Å². The molecule has 98 valence electrons. The van der Waals surface area contributed by atoms with Gasteiger partial charge in [-0.3, -0.25) is 0 Å². The molecule has 0 aliphatic carbocycles. The van der Waals surface area contributed by atoms with Crippen molar-refractivity contribution in [1.82, 2.24) is 0 Å². The first kappa shape index (κ1) is 25.0. The fourth-order valence-corrected chi connectivity index (χ4v) is 0. The van der Waals surface area contributed by atoms with Crippen molar-refractivity contribution >= 4 is 40.6 Å². The molecule has 0 bridgehead atoms. The maximum atomic E-state index is 9.75. The zero-order valence-corrected chi connectivity index (χ0v) is 6.27. The quantitative estimate of drug-likeness (QED) is 0.467. The van der Waals surface area contributed by atoms with Crippen molar-refractivity contribution in [3.8, 4) is 0 Å². The molecule has 0 saturated heterocycles. The van der Waals surface area contributed by atoms with Crippen LogP contribution in [0, 0.1) is 0 Å². The molecule has 0 rings (SSSR count). The first-order chi connectivity index (χ1) is 6.00.